The van der Waals surface area contributed by atoms with E-state index in [2.05, 4.69) is 10.3 Å². The van der Waals surface area contributed by atoms with E-state index in [-0.39, 0.29) is 4.88 Å². The van der Waals surface area contributed by atoms with Gasteiger partial charge >= 0.3 is 5.97 Å². The van der Waals surface area contributed by atoms with Crippen LogP contribution in [0.2, 0.25) is 0 Å². The highest BCUT2D eigenvalue weighted by atomic mass is 32.1. The Balaban J connectivity index is 2.31. The minimum absolute atomic E-state index is 0.280. The second kappa shape index (κ2) is 4.78. The second-order valence-electron chi connectivity index (χ2n) is 4.18. The normalized spacial score (nSPS) is 10.4. The van der Waals surface area contributed by atoms with E-state index in [1.165, 1.54) is 0 Å². The Morgan fingerprint density at radius 1 is 1.33 bits per heavy atom. The topological polar surface area (TPSA) is 62.2 Å². The van der Waals surface area contributed by atoms with Crippen LogP contribution in [0.3, 0.4) is 0 Å². The van der Waals surface area contributed by atoms with Gasteiger partial charge in [0.2, 0.25) is 0 Å². The lowest BCUT2D eigenvalue weighted by Gasteiger charge is -2.07. The molecule has 0 amide bonds. The van der Waals surface area contributed by atoms with Gasteiger partial charge in [0.1, 0.15) is 4.88 Å². The van der Waals surface area contributed by atoms with Crippen molar-refractivity contribution in [3.05, 3.63) is 39.9 Å². The first-order valence-electron chi connectivity index (χ1n) is 5.52. The van der Waals surface area contributed by atoms with Gasteiger partial charge in [-0.15, -0.1) is 0 Å². The van der Waals surface area contributed by atoms with E-state index in [1.807, 2.05) is 32.0 Å². The van der Waals surface area contributed by atoms with Crippen molar-refractivity contribution in [3.8, 4) is 0 Å². The Labute approximate surface area is 109 Å². The summed E-state index contributed by atoms with van der Waals surface area (Å²) in [5.74, 6) is -0.931. The number of carboxylic acid groups (broad SMARTS) is 1. The molecule has 1 aromatic heterocycles. The lowest BCUT2D eigenvalue weighted by Crippen LogP contribution is -1.94. The summed E-state index contributed by atoms with van der Waals surface area (Å²) in [6.45, 7) is 5.72. The first-order valence-corrected chi connectivity index (χ1v) is 6.34. The van der Waals surface area contributed by atoms with Crippen LogP contribution in [0.15, 0.2) is 18.2 Å². The number of hydrogen-bond acceptors (Lipinski definition) is 4. The van der Waals surface area contributed by atoms with Crippen molar-refractivity contribution >= 4 is 28.1 Å². The molecular weight excluding hydrogens is 248 g/mol. The third kappa shape index (κ3) is 2.51. The van der Waals surface area contributed by atoms with Crippen LogP contribution in [0.4, 0.5) is 10.8 Å². The van der Waals surface area contributed by atoms with Crippen LogP contribution in [-0.2, 0) is 0 Å². The minimum Gasteiger partial charge on any atom is -0.477 e. The van der Waals surface area contributed by atoms with Gasteiger partial charge in [0.25, 0.3) is 0 Å². The highest BCUT2D eigenvalue weighted by Gasteiger charge is 2.14. The van der Waals surface area contributed by atoms with Crippen molar-refractivity contribution in [1.29, 1.82) is 0 Å². The van der Waals surface area contributed by atoms with Crippen LogP contribution >= 0.6 is 11.3 Å². The number of aromatic carboxylic acids is 1. The molecule has 1 heterocycles. The average molecular weight is 262 g/mol. The third-order valence-electron chi connectivity index (χ3n) is 2.63. The standard InChI is InChI=1S/C13H14N2O2S/c1-7-4-5-8(2)10(6-7)15-13-14-9(3)11(18-13)12(16)17/h4-6H,1-3H3,(H,14,15)(H,16,17). The summed E-state index contributed by atoms with van der Waals surface area (Å²) in [5.41, 5.74) is 3.75. The Morgan fingerprint density at radius 3 is 2.67 bits per heavy atom. The molecule has 0 unspecified atom stereocenters. The maximum Gasteiger partial charge on any atom is 0.347 e. The predicted octanol–water partition coefficient (Wildman–Crippen LogP) is 3.51. The Kier molecular flexibility index (Phi) is 3.34. The fourth-order valence-electron chi connectivity index (χ4n) is 1.63. The largest absolute Gasteiger partial charge is 0.477 e. The zero-order chi connectivity index (χ0) is 13.3. The number of hydrogen-bond donors (Lipinski definition) is 2. The van der Waals surface area contributed by atoms with Gasteiger partial charge in [-0.1, -0.05) is 23.5 Å². The number of nitrogens with one attached hydrogen (secondary N) is 1. The summed E-state index contributed by atoms with van der Waals surface area (Å²) in [6.07, 6.45) is 0. The van der Waals surface area contributed by atoms with Gasteiger partial charge in [-0.25, -0.2) is 9.78 Å². The number of anilines is 2. The number of thiazole rings is 1. The number of nitrogens with zero attached hydrogens (tertiary/aromatic N) is 1. The second-order valence-corrected chi connectivity index (χ2v) is 5.18. The summed E-state index contributed by atoms with van der Waals surface area (Å²) in [6, 6.07) is 6.08. The van der Waals surface area contributed by atoms with Crippen molar-refractivity contribution in [3.63, 3.8) is 0 Å². The molecule has 0 aliphatic carbocycles. The van der Waals surface area contributed by atoms with Crippen molar-refractivity contribution in [2.75, 3.05) is 5.32 Å². The number of carbonyl (C=O) groups is 1. The average Bonchev–Trinajstić information content (AvgIpc) is 2.65. The molecule has 2 N–H and O–H groups in total. The van der Waals surface area contributed by atoms with E-state index in [9.17, 15) is 4.79 Å². The summed E-state index contributed by atoms with van der Waals surface area (Å²) in [7, 11) is 0. The van der Waals surface area contributed by atoms with Crippen LogP contribution in [0.1, 0.15) is 26.5 Å². The molecule has 1 aromatic carbocycles. The van der Waals surface area contributed by atoms with Gasteiger partial charge in [-0.05, 0) is 38.0 Å². The van der Waals surface area contributed by atoms with E-state index in [0.29, 0.717) is 10.8 Å². The number of aromatic nitrogens is 1. The highest BCUT2D eigenvalue weighted by molar-refractivity contribution is 7.17. The molecule has 0 aliphatic heterocycles. The fraction of sp³-hybridized carbons (Fsp3) is 0.231. The van der Waals surface area contributed by atoms with Gasteiger partial charge in [0.15, 0.2) is 5.13 Å². The first kappa shape index (κ1) is 12.6. The van der Waals surface area contributed by atoms with Crippen molar-refractivity contribution in [2.45, 2.75) is 20.8 Å². The van der Waals surface area contributed by atoms with E-state index in [0.717, 1.165) is 28.2 Å². The molecule has 0 spiro atoms. The molecule has 18 heavy (non-hydrogen) atoms. The van der Waals surface area contributed by atoms with E-state index in [4.69, 9.17) is 5.11 Å². The van der Waals surface area contributed by atoms with Crippen molar-refractivity contribution in [2.24, 2.45) is 0 Å². The zero-order valence-corrected chi connectivity index (χ0v) is 11.3. The van der Waals surface area contributed by atoms with Crippen LogP contribution in [0.5, 0.6) is 0 Å². The quantitative estimate of drug-likeness (QED) is 0.888. The summed E-state index contributed by atoms with van der Waals surface area (Å²) < 4.78 is 0. The van der Waals surface area contributed by atoms with Crippen LogP contribution < -0.4 is 5.32 Å². The Bertz CT molecular complexity index is 605. The van der Waals surface area contributed by atoms with Gasteiger partial charge in [0.05, 0.1) is 5.69 Å². The molecule has 0 saturated carbocycles. The molecule has 5 heteroatoms. The first-order chi connectivity index (χ1) is 8.47. The van der Waals surface area contributed by atoms with Crippen molar-refractivity contribution < 1.29 is 9.90 Å². The number of carboxylic acids is 1. The molecule has 0 radical (unpaired) electrons. The monoisotopic (exact) mass is 262 g/mol. The van der Waals surface area contributed by atoms with Gasteiger partial charge in [-0.3, -0.25) is 0 Å². The smallest absolute Gasteiger partial charge is 0.347 e. The van der Waals surface area contributed by atoms with E-state index in [1.54, 1.807) is 6.92 Å². The SMILES string of the molecule is Cc1ccc(C)c(Nc2nc(C)c(C(=O)O)s2)c1. The maximum atomic E-state index is 11.0. The van der Waals surface area contributed by atoms with Crippen LogP contribution in [0.25, 0.3) is 0 Å². The fourth-order valence-corrected chi connectivity index (χ4v) is 2.45. The predicted molar refractivity (Wildman–Crippen MR) is 73.0 cm³/mol. The molecule has 0 saturated heterocycles. The van der Waals surface area contributed by atoms with E-state index < -0.39 is 5.97 Å². The van der Waals surface area contributed by atoms with Gasteiger partial charge in [-0.2, -0.15) is 0 Å². The van der Waals surface area contributed by atoms with E-state index >= 15 is 0 Å². The summed E-state index contributed by atoms with van der Waals surface area (Å²) in [4.78, 5) is 15.5. The summed E-state index contributed by atoms with van der Waals surface area (Å²) in [5, 5.41) is 12.8. The molecule has 2 aromatic rings. The molecule has 4 nitrogen and oxygen atoms in total. The Hall–Kier alpha value is -1.88. The summed E-state index contributed by atoms with van der Waals surface area (Å²) >= 11 is 1.16. The van der Waals surface area contributed by atoms with Crippen LogP contribution in [0, 0.1) is 20.8 Å². The maximum absolute atomic E-state index is 11.0. The number of aryl methyl sites for hydroxylation is 3. The molecular formula is C13H14N2O2S. The lowest BCUT2D eigenvalue weighted by atomic mass is 10.1. The molecule has 94 valence electrons. The van der Waals surface area contributed by atoms with Gasteiger partial charge < -0.3 is 10.4 Å². The molecule has 0 fully saturated rings. The molecule has 2 rings (SSSR count). The molecule has 0 bridgehead atoms. The van der Waals surface area contributed by atoms with Gasteiger partial charge in [0, 0.05) is 5.69 Å². The number of benzene rings is 1. The molecule has 0 aliphatic rings. The minimum atomic E-state index is -0.931. The lowest BCUT2D eigenvalue weighted by molar-refractivity contribution is 0.0701. The number of rotatable bonds is 3. The highest BCUT2D eigenvalue weighted by Crippen LogP contribution is 2.27. The Morgan fingerprint density at radius 2 is 2.06 bits per heavy atom. The zero-order valence-electron chi connectivity index (χ0n) is 10.4. The molecule has 0 atom stereocenters. The van der Waals surface area contributed by atoms with Crippen LogP contribution in [-0.4, -0.2) is 16.1 Å². The van der Waals surface area contributed by atoms with Crippen molar-refractivity contribution in [1.82, 2.24) is 4.98 Å². The third-order valence-corrected chi connectivity index (χ3v) is 3.69.